The Morgan fingerprint density at radius 2 is 2.08 bits per heavy atom. The van der Waals surface area contributed by atoms with Crippen LogP contribution in [0.2, 0.25) is 0 Å². The molecule has 1 saturated heterocycles. The number of nitrogens with one attached hydrogen (secondary N) is 1. The molecule has 0 bridgehead atoms. The first-order valence-electron chi connectivity index (χ1n) is 7.94. The van der Waals surface area contributed by atoms with Gasteiger partial charge in [0.1, 0.15) is 0 Å². The molecule has 1 fully saturated rings. The van der Waals surface area contributed by atoms with Crippen molar-refractivity contribution in [3.63, 3.8) is 0 Å². The maximum atomic E-state index is 12.4. The zero-order valence-corrected chi connectivity index (χ0v) is 14.6. The highest BCUT2D eigenvalue weighted by Gasteiger charge is 2.31. The highest BCUT2D eigenvalue weighted by atomic mass is 32.2. The van der Waals surface area contributed by atoms with E-state index in [0.717, 1.165) is 11.1 Å². The average Bonchev–Trinajstić information content (AvgIpc) is 3.08. The van der Waals surface area contributed by atoms with Gasteiger partial charge in [0.05, 0.1) is 29.3 Å². The number of hydrogen-bond donors (Lipinski definition) is 1. The SMILES string of the molecule is Cc1ccccc1CNC(=O)c1cnn(C2CCS(=O)(=O)C2)c1C. The van der Waals surface area contributed by atoms with Crippen LogP contribution in [0.5, 0.6) is 0 Å². The van der Waals surface area contributed by atoms with Crippen LogP contribution in [0.25, 0.3) is 0 Å². The largest absolute Gasteiger partial charge is 0.348 e. The lowest BCUT2D eigenvalue weighted by Gasteiger charge is -2.12. The summed E-state index contributed by atoms with van der Waals surface area (Å²) in [6.07, 6.45) is 2.07. The summed E-state index contributed by atoms with van der Waals surface area (Å²) < 4.78 is 24.9. The van der Waals surface area contributed by atoms with Gasteiger partial charge in [0.15, 0.2) is 9.84 Å². The first-order valence-corrected chi connectivity index (χ1v) is 9.77. The molecule has 1 aliphatic rings. The third-order valence-electron chi connectivity index (χ3n) is 4.54. The number of aromatic nitrogens is 2. The van der Waals surface area contributed by atoms with E-state index in [2.05, 4.69) is 10.4 Å². The van der Waals surface area contributed by atoms with E-state index in [0.29, 0.717) is 24.2 Å². The summed E-state index contributed by atoms with van der Waals surface area (Å²) >= 11 is 0. The van der Waals surface area contributed by atoms with Crippen LogP contribution in [0.15, 0.2) is 30.5 Å². The fraction of sp³-hybridized carbons (Fsp3) is 0.412. The molecule has 1 atom stereocenters. The molecule has 0 saturated carbocycles. The van der Waals surface area contributed by atoms with Crippen LogP contribution in [0.3, 0.4) is 0 Å². The summed E-state index contributed by atoms with van der Waals surface area (Å²) in [7, 11) is -2.98. The molecule has 1 aromatic carbocycles. The monoisotopic (exact) mass is 347 g/mol. The lowest BCUT2D eigenvalue weighted by molar-refractivity contribution is 0.0950. The van der Waals surface area contributed by atoms with E-state index in [4.69, 9.17) is 0 Å². The Labute approximate surface area is 141 Å². The number of amides is 1. The summed E-state index contributed by atoms with van der Waals surface area (Å²) in [4.78, 5) is 12.4. The van der Waals surface area contributed by atoms with Gasteiger partial charge in [-0.3, -0.25) is 9.48 Å². The Kier molecular flexibility index (Phi) is 4.45. The standard InChI is InChI=1S/C17H21N3O3S/c1-12-5-3-4-6-14(12)9-18-17(21)16-10-19-20(13(16)2)15-7-8-24(22,23)11-15/h3-6,10,15H,7-9,11H2,1-2H3,(H,18,21). The van der Waals surface area contributed by atoms with Crippen molar-refractivity contribution in [3.05, 3.63) is 52.8 Å². The second-order valence-electron chi connectivity index (χ2n) is 6.25. The minimum Gasteiger partial charge on any atom is -0.348 e. The Bertz CT molecular complexity index is 871. The molecule has 0 spiro atoms. The highest BCUT2D eigenvalue weighted by molar-refractivity contribution is 7.91. The Morgan fingerprint density at radius 1 is 1.33 bits per heavy atom. The van der Waals surface area contributed by atoms with Crippen molar-refractivity contribution >= 4 is 15.7 Å². The van der Waals surface area contributed by atoms with Crippen LogP contribution in [-0.2, 0) is 16.4 Å². The fourth-order valence-electron chi connectivity index (χ4n) is 3.06. The van der Waals surface area contributed by atoms with Gasteiger partial charge in [0.25, 0.3) is 5.91 Å². The van der Waals surface area contributed by atoms with Crippen molar-refractivity contribution < 1.29 is 13.2 Å². The lowest BCUT2D eigenvalue weighted by atomic mass is 10.1. The molecular formula is C17H21N3O3S. The summed E-state index contributed by atoms with van der Waals surface area (Å²) in [6, 6.07) is 7.72. The van der Waals surface area contributed by atoms with E-state index in [9.17, 15) is 13.2 Å². The molecule has 0 radical (unpaired) electrons. The quantitative estimate of drug-likeness (QED) is 0.914. The Morgan fingerprint density at radius 3 is 2.75 bits per heavy atom. The lowest BCUT2D eigenvalue weighted by Crippen LogP contribution is -2.24. The molecule has 1 aromatic heterocycles. The average molecular weight is 347 g/mol. The second-order valence-corrected chi connectivity index (χ2v) is 8.48. The molecule has 2 heterocycles. The predicted octanol–water partition coefficient (Wildman–Crippen LogP) is 1.79. The molecule has 1 amide bonds. The van der Waals surface area contributed by atoms with E-state index in [1.807, 2.05) is 31.2 Å². The molecule has 24 heavy (non-hydrogen) atoms. The normalized spacial score (nSPS) is 19.3. The number of hydrogen-bond acceptors (Lipinski definition) is 4. The molecular weight excluding hydrogens is 326 g/mol. The minimum atomic E-state index is -2.98. The number of carbonyl (C=O) groups excluding carboxylic acids is 1. The van der Waals surface area contributed by atoms with Crippen LogP contribution < -0.4 is 5.32 Å². The van der Waals surface area contributed by atoms with Gasteiger partial charge in [0.2, 0.25) is 0 Å². The number of sulfone groups is 1. The number of aryl methyl sites for hydroxylation is 1. The summed E-state index contributed by atoms with van der Waals surface area (Å²) in [6.45, 7) is 4.26. The van der Waals surface area contributed by atoms with E-state index < -0.39 is 9.84 Å². The van der Waals surface area contributed by atoms with Crippen LogP contribution in [0.1, 0.15) is 39.6 Å². The molecule has 3 rings (SSSR count). The number of benzene rings is 1. The fourth-order valence-corrected chi connectivity index (χ4v) is 4.75. The van der Waals surface area contributed by atoms with Gasteiger partial charge in [-0.05, 0) is 31.4 Å². The molecule has 128 valence electrons. The molecule has 1 aliphatic heterocycles. The third-order valence-corrected chi connectivity index (χ3v) is 6.29. The molecule has 0 aliphatic carbocycles. The second kappa shape index (κ2) is 6.39. The van der Waals surface area contributed by atoms with Crippen molar-refractivity contribution in [2.45, 2.75) is 32.9 Å². The molecule has 1 N–H and O–H groups in total. The van der Waals surface area contributed by atoms with E-state index in [-0.39, 0.29) is 23.5 Å². The summed E-state index contributed by atoms with van der Waals surface area (Å²) in [5.41, 5.74) is 3.39. The molecule has 1 unspecified atom stereocenters. The van der Waals surface area contributed by atoms with E-state index in [1.165, 1.54) is 6.20 Å². The van der Waals surface area contributed by atoms with Crippen LogP contribution in [-0.4, -0.2) is 35.6 Å². The first kappa shape index (κ1) is 16.7. The van der Waals surface area contributed by atoms with Gasteiger partial charge < -0.3 is 5.32 Å². The first-order chi connectivity index (χ1) is 11.4. The number of rotatable bonds is 4. The van der Waals surface area contributed by atoms with Gasteiger partial charge in [-0.2, -0.15) is 5.10 Å². The van der Waals surface area contributed by atoms with Crippen molar-refractivity contribution in [1.29, 1.82) is 0 Å². The molecule has 2 aromatic rings. The van der Waals surface area contributed by atoms with Gasteiger partial charge in [-0.25, -0.2) is 8.42 Å². The van der Waals surface area contributed by atoms with Gasteiger partial charge in [0, 0.05) is 12.2 Å². The van der Waals surface area contributed by atoms with Crippen molar-refractivity contribution in [3.8, 4) is 0 Å². The Hall–Kier alpha value is -2.15. The van der Waals surface area contributed by atoms with Gasteiger partial charge in [-0.15, -0.1) is 0 Å². The van der Waals surface area contributed by atoms with Crippen LogP contribution in [0.4, 0.5) is 0 Å². The minimum absolute atomic E-state index is 0.0970. The van der Waals surface area contributed by atoms with Crippen molar-refractivity contribution in [1.82, 2.24) is 15.1 Å². The Balaban J connectivity index is 1.71. The van der Waals surface area contributed by atoms with E-state index >= 15 is 0 Å². The van der Waals surface area contributed by atoms with Crippen LogP contribution in [0, 0.1) is 13.8 Å². The molecule has 7 heteroatoms. The number of nitrogens with zero attached hydrogens (tertiary/aromatic N) is 2. The van der Waals surface area contributed by atoms with Gasteiger partial charge in [-0.1, -0.05) is 24.3 Å². The zero-order chi connectivity index (χ0) is 17.3. The number of carbonyl (C=O) groups is 1. The maximum Gasteiger partial charge on any atom is 0.255 e. The highest BCUT2D eigenvalue weighted by Crippen LogP contribution is 2.25. The zero-order valence-electron chi connectivity index (χ0n) is 13.8. The summed E-state index contributed by atoms with van der Waals surface area (Å²) in [5, 5.41) is 7.15. The summed E-state index contributed by atoms with van der Waals surface area (Å²) in [5.74, 6) is 0.0915. The van der Waals surface area contributed by atoms with Crippen molar-refractivity contribution in [2.24, 2.45) is 0 Å². The third kappa shape index (κ3) is 3.36. The van der Waals surface area contributed by atoms with E-state index in [1.54, 1.807) is 11.6 Å². The maximum absolute atomic E-state index is 12.4. The predicted molar refractivity (Wildman–Crippen MR) is 91.6 cm³/mol. The van der Waals surface area contributed by atoms with Crippen molar-refractivity contribution in [2.75, 3.05) is 11.5 Å². The molecule has 6 nitrogen and oxygen atoms in total. The smallest absolute Gasteiger partial charge is 0.255 e. The topological polar surface area (TPSA) is 81.1 Å². The van der Waals surface area contributed by atoms with Crippen LogP contribution >= 0.6 is 0 Å². The van der Waals surface area contributed by atoms with Gasteiger partial charge >= 0.3 is 0 Å².